The molecule has 1 aromatic rings. The molecule has 1 heterocycles. The van der Waals surface area contributed by atoms with E-state index in [1.165, 1.54) is 0 Å². The molecule has 2 rings (SSSR count). The molecule has 4 nitrogen and oxygen atoms in total. The highest BCUT2D eigenvalue weighted by molar-refractivity contribution is 7.98. The topological polar surface area (TPSA) is 50.7 Å². The van der Waals surface area contributed by atoms with Crippen molar-refractivity contribution in [2.75, 3.05) is 13.4 Å². The van der Waals surface area contributed by atoms with Gasteiger partial charge in [0.05, 0.1) is 12.8 Å². The smallest absolute Gasteiger partial charge is 0.240 e. The summed E-state index contributed by atoms with van der Waals surface area (Å²) in [6.45, 7) is 2.00. The minimum atomic E-state index is -0.0308. The van der Waals surface area contributed by atoms with Crippen LogP contribution < -0.4 is 10.2 Å². The Labute approximate surface area is 123 Å². The summed E-state index contributed by atoms with van der Waals surface area (Å²) in [7, 11) is 1.66. The number of methoxy groups -OCH3 is 1. The van der Waals surface area contributed by atoms with Crippen molar-refractivity contribution in [2.45, 2.75) is 18.2 Å². The van der Waals surface area contributed by atoms with Crippen LogP contribution in [0.25, 0.3) is 6.08 Å². The van der Waals surface area contributed by atoms with E-state index in [0.29, 0.717) is 6.42 Å². The summed E-state index contributed by atoms with van der Waals surface area (Å²) < 4.78 is 5.40. The summed E-state index contributed by atoms with van der Waals surface area (Å²) in [5, 5.41) is 4.10. The summed E-state index contributed by atoms with van der Waals surface area (Å²) in [4.78, 5) is 12.4. The number of amides is 1. The lowest BCUT2D eigenvalue weighted by molar-refractivity contribution is -0.121. The van der Waals surface area contributed by atoms with Gasteiger partial charge in [-0.25, -0.2) is 5.43 Å². The van der Waals surface area contributed by atoms with E-state index >= 15 is 0 Å². The van der Waals surface area contributed by atoms with Crippen molar-refractivity contribution in [3.05, 3.63) is 29.8 Å². The number of hydrogen-bond acceptors (Lipinski definition) is 4. The third-order valence-electron chi connectivity index (χ3n) is 3.19. The SMILES string of the molecule is COc1cccc(SC)c1C=CC1=NNC(=O)CC1C. The zero-order valence-corrected chi connectivity index (χ0v) is 12.7. The van der Waals surface area contributed by atoms with Gasteiger partial charge >= 0.3 is 0 Å². The highest BCUT2D eigenvalue weighted by Gasteiger charge is 2.18. The second kappa shape index (κ2) is 6.61. The lowest BCUT2D eigenvalue weighted by atomic mass is 9.99. The molecule has 1 aliphatic heterocycles. The standard InChI is InChI=1S/C15H18N2O2S/c1-10-9-15(18)17-16-12(10)8-7-11-13(19-2)5-4-6-14(11)20-3/h4-8,10H,9H2,1-3H3,(H,17,18). The largest absolute Gasteiger partial charge is 0.496 e. The van der Waals surface area contributed by atoms with Gasteiger partial charge in [0.2, 0.25) is 5.91 Å². The van der Waals surface area contributed by atoms with Gasteiger partial charge in [-0.3, -0.25) is 4.79 Å². The normalized spacial score (nSPS) is 18.9. The Morgan fingerprint density at radius 2 is 2.25 bits per heavy atom. The Morgan fingerprint density at radius 1 is 1.45 bits per heavy atom. The van der Waals surface area contributed by atoms with Crippen molar-refractivity contribution in [2.24, 2.45) is 11.0 Å². The van der Waals surface area contributed by atoms with Crippen LogP contribution in [0.1, 0.15) is 18.9 Å². The number of rotatable bonds is 4. The van der Waals surface area contributed by atoms with Crippen molar-refractivity contribution in [1.82, 2.24) is 5.43 Å². The maximum Gasteiger partial charge on any atom is 0.240 e. The Morgan fingerprint density at radius 3 is 2.90 bits per heavy atom. The van der Waals surface area contributed by atoms with E-state index in [1.54, 1.807) is 18.9 Å². The predicted octanol–water partition coefficient (Wildman–Crippen LogP) is 2.94. The quantitative estimate of drug-likeness (QED) is 0.867. The molecule has 5 heteroatoms. The molecule has 0 bridgehead atoms. The molecule has 1 N–H and O–H groups in total. The van der Waals surface area contributed by atoms with Crippen LogP contribution in [0.4, 0.5) is 0 Å². The molecule has 1 atom stereocenters. The minimum absolute atomic E-state index is 0.0308. The maximum atomic E-state index is 11.2. The molecule has 1 aromatic carbocycles. The van der Waals surface area contributed by atoms with E-state index in [4.69, 9.17) is 4.74 Å². The Balaban J connectivity index is 2.29. The number of hydrazone groups is 1. The van der Waals surface area contributed by atoms with Crippen molar-refractivity contribution in [3.63, 3.8) is 0 Å². The van der Waals surface area contributed by atoms with Gasteiger partial charge in [-0.15, -0.1) is 11.8 Å². The second-order valence-corrected chi connectivity index (χ2v) is 5.43. The van der Waals surface area contributed by atoms with Gasteiger partial charge < -0.3 is 4.74 Å². The van der Waals surface area contributed by atoms with Crippen molar-refractivity contribution < 1.29 is 9.53 Å². The van der Waals surface area contributed by atoms with Crippen LogP contribution in [-0.4, -0.2) is 25.0 Å². The van der Waals surface area contributed by atoms with Crippen LogP contribution >= 0.6 is 11.8 Å². The molecule has 0 spiro atoms. The van der Waals surface area contributed by atoms with Gasteiger partial charge in [-0.05, 0) is 30.5 Å². The third kappa shape index (κ3) is 3.22. The second-order valence-electron chi connectivity index (χ2n) is 4.59. The number of allylic oxidation sites excluding steroid dienone is 1. The molecular weight excluding hydrogens is 272 g/mol. The van der Waals surface area contributed by atoms with Gasteiger partial charge in [0.1, 0.15) is 5.75 Å². The van der Waals surface area contributed by atoms with E-state index in [0.717, 1.165) is 21.9 Å². The third-order valence-corrected chi connectivity index (χ3v) is 3.99. The fraction of sp³-hybridized carbons (Fsp3) is 0.333. The molecule has 0 saturated carbocycles. The van der Waals surface area contributed by atoms with Crippen LogP contribution in [0.15, 0.2) is 34.3 Å². The van der Waals surface area contributed by atoms with Gasteiger partial charge in [0.15, 0.2) is 0 Å². The summed E-state index contributed by atoms with van der Waals surface area (Å²) >= 11 is 1.67. The first-order chi connectivity index (χ1) is 9.65. The molecule has 0 aromatic heterocycles. The van der Waals surface area contributed by atoms with Crippen molar-refractivity contribution in [3.8, 4) is 5.75 Å². The van der Waals surface area contributed by atoms with Crippen LogP contribution in [0.2, 0.25) is 0 Å². The average Bonchev–Trinajstić information content (AvgIpc) is 2.46. The van der Waals surface area contributed by atoms with E-state index in [2.05, 4.69) is 16.6 Å². The first-order valence-corrected chi connectivity index (χ1v) is 7.63. The van der Waals surface area contributed by atoms with Crippen LogP contribution in [0, 0.1) is 5.92 Å². The molecule has 1 aliphatic rings. The van der Waals surface area contributed by atoms with Crippen LogP contribution in [-0.2, 0) is 4.79 Å². The maximum absolute atomic E-state index is 11.2. The summed E-state index contributed by atoms with van der Waals surface area (Å²) in [6.07, 6.45) is 6.46. The Hall–Kier alpha value is -1.75. The number of carbonyl (C=O) groups is 1. The average molecular weight is 290 g/mol. The highest BCUT2D eigenvalue weighted by atomic mass is 32.2. The number of thioether (sulfide) groups is 1. The molecule has 1 amide bonds. The first-order valence-electron chi connectivity index (χ1n) is 6.41. The van der Waals surface area contributed by atoms with Crippen molar-refractivity contribution in [1.29, 1.82) is 0 Å². The van der Waals surface area contributed by atoms with Gasteiger partial charge in [0, 0.05) is 22.8 Å². The molecule has 1 unspecified atom stereocenters. The van der Waals surface area contributed by atoms with E-state index in [-0.39, 0.29) is 11.8 Å². The molecule has 106 valence electrons. The zero-order chi connectivity index (χ0) is 14.5. The molecule has 0 saturated heterocycles. The van der Waals surface area contributed by atoms with Crippen LogP contribution in [0.3, 0.4) is 0 Å². The fourth-order valence-corrected chi connectivity index (χ4v) is 2.68. The van der Waals surface area contributed by atoms with Gasteiger partial charge in [-0.2, -0.15) is 5.10 Å². The highest BCUT2D eigenvalue weighted by Crippen LogP contribution is 2.30. The zero-order valence-electron chi connectivity index (χ0n) is 11.8. The summed E-state index contributed by atoms with van der Waals surface area (Å²) in [5.41, 5.74) is 4.43. The van der Waals surface area contributed by atoms with Crippen LogP contribution in [0.5, 0.6) is 5.75 Å². The minimum Gasteiger partial charge on any atom is -0.496 e. The Kier molecular flexibility index (Phi) is 4.84. The monoisotopic (exact) mass is 290 g/mol. The first kappa shape index (κ1) is 14.7. The molecule has 0 radical (unpaired) electrons. The van der Waals surface area contributed by atoms with Gasteiger partial charge in [0.25, 0.3) is 0 Å². The number of ether oxygens (including phenoxy) is 1. The fourth-order valence-electron chi connectivity index (χ4n) is 2.08. The Bertz CT molecular complexity index is 545. The molecular formula is C15H18N2O2S. The lowest BCUT2D eigenvalue weighted by Gasteiger charge is -2.16. The summed E-state index contributed by atoms with van der Waals surface area (Å²) in [6, 6.07) is 5.97. The summed E-state index contributed by atoms with van der Waals surface area (Å²) in [5.74, 6) is 0.936. The number of hydrogen-bond donors (Lipinski definition) is 1. The molecule has 20 heavy (non-hydrogen) atoms. The van der Waals surface area contributed by atoms with E-state index in [9.17, 15) is 4.79 Å². The number of nitrogens with one attached hydrogen (secondary N) is 1. The number of benzene rings is 1. The number of nitrogens with zero attached hydrogens (tertiary/aromatic N) is 1. The van der Waals surface area contributed by atoms with E-state index < -0.39 is 0 Å². The van der Waals surface area contributed by atoms with Crippen molar-refractivity contribution >= 4 is 29.5 Å². The lowest BCUT2D eigenvalue weighted by Crippen LogP contribution is -2.30. The molecule has 0 aliphatic carbocycles. The molecule has 0 fully saturated rings. The van der Waals surface area contributed by atoms with Gasteiger partial charge in [-0.1, -0.05) is 13.0 Å². The van der Waals surface area contributed by atoms with E-state index in [1.807, 2.05) is 37.5 Å². The number of carbonyl (C=O) groups excluding carboxylic acids is 1. The predicted molar refractivity (Wildman–Crippen MR) is 83.2 cm³/mol.